The SMILES string of the molecule is CC(C)c1ccc(C(=O)Nc2cnc3ccccc3c2N2CCN(Cc3ccccc3)CC2)cc1. The normalized spacial score (nSPS) is 14.4. The number of para-hydroxylation sites is 1. The van der Waals surface area contributed by atoms with E-state index in [1.54, 1.807) is 6.20 Å². The van der Waals surface area contributed by atoms with Crippen LogP contribution in [0, 0.1) is 0 Å². The highest BCUT2D eigenvalue weighted by Crippen LogP contribution is 2.34. The molecule has 2 heterocycles. The van der Waals surface area contributed by atoms with Crippen LogP contribution in [0.2, 0.25) is 0 Å². The Hall–Kier alpha value is -3.70. The lowest BCUT2D eigenvalue weighted by atomic mass is 10.0. The van der Waals surface area contributed by atoms with Crippen molar-refractivity contribution >= 4 is 28.2 Å². The van der Waals surface area contributed by atoms with Gasteiger partial charge in [-0.25, -0.2) is 0 Å². The fraction of sp³-hybridized carbons (Fsp3) is 0.267. The number of fused-ring (bicyclic) bond motifs is 1. The monoisotopic (exact) mass is 464 g/mol. The third-order valence-electron chi connectivity index (χ3n) is 6.77. The van der Waals surface area contributed by atoms with Crippen molar-refractivity contribution in [1.82, 2.24) is 9.88 Å². The molecule has 0 unspecified atom stereocenters. The van der Waals surface area contributed by atoms with E-state index in [0.717, 1.165) is 55.0 Å². The van der Waals surface area contributed by atoms with Gasteiger partial charge in [-0.05, 0) is 35.2 Å². The van der Waals surface area contributed by atoms with Gasteiger partial charge in [-0.2, -0.15) is 0 Å². The largest absolute Gasteiger partial charge is 0.367 e. The van der Waals surface area contributed by atoms with Crippen LogP contribution >= 0.6 is 0 Å². The van der Waals surface area contributed by atoms with Gasteiger partial charge in [0.2, 0.25) is 0 Å². The van der Waals surface area contributed by atoms with E-state index in [-0.39, 0.29) is 5.91 Å². The zero-order chi connectivity index (χ0) is 24.2. The van der Waals surface area contributed by atoms with Crippen LogP contribution in [0.15, 0.2) is 85.1 Å². The molecule has 0 bridgehead atoms. The van der Waals surface area contributed by atoms with Crippen LogP contribution in [0.4, 0.5) is 11.4 Å². The number of nitrogens with one attached hydrogen (secondary N) is 1. The summed E-state index contributed by atoms with van der Waals surface area (Å²) in [5.74, 6) is 0.324. The Morgan fingerprint density at radius 3 is 2.29 bits per heavy atom. The molecule has 0 spiro atoms. The van der Waals surface area contributed by atoms with Crippen LogP contribution < -0.4 is 10.2 Å². The molecule has 35 heavy (non-hydrogen) atoms. The highest BCUT2D eigenvalue weighted by Gasteiger charge is 2.23. The lowest BCUT2D eigenvalue weighted by Crippen LogP contribution is -2.46. The predicted molar refractivity (Wildman–Crippen MR) is 144 cm³/mol. The summed E-state index contributed by atoms with van der Waals surface area (Å²) in [6, 6.07) is 26.7. The van der Waals surface area contributed by atoms with Gasteiger partial charge in [0.1, 0.15) is 0 Å². The van der Waals surface area contributed by atoms with E-state index in [9.17, 15) is 4.79 Å². The first-order chi connectivity index (χ1) is 17.1. The van der Waals surface area contributed by atoms with E-state index in [1.165, 1.54) is 11.1 Å². The number of rotatable bonds is 6. The number of hydrogen-bond donors (Lipinski definition) is 1. The number of carbonyl (C=O) groups excluding carboxylic acids is 1. The maximum absolute atomic E-state index is 13.2. The van der Waals surface area contributed by atoms with Gasteiger partial charge < -0.3 is 10.2 Å². The fourth-order valence-corrected chi connectivity index (χ4v) is 4.74. The maximum atomic E-state index is 13.2. The van der Waals surface area contributed by atoms with E-state index < -0.39 is 0 Å². The zero-order valence-electron chi connectivity index (χ0n) is 20.4. The summed E-state index contributed by atoms with van der Waals surface area (Å²) in [5.41, 5.74) is 5.98. The molecule has 3 aromatic carbocycles. The number of piperazine rings is 1. The molecule has 0 atom stereocenters. The van der Waals surface area contributed by atoms with Crippen LogP contribution in [0.5, 0.6) is 0 Å². The summed E-state index contributed by atoms with van der Waals surface area (Å²) >= 11 is 0. The average molecular weight is 465 g/mol. The molecule has 1 saturated heterocycles. The number of anilines is 2. The van der Waals surface area contributed by atoms with Crippen LogP contribution in [0.25, 0.3) is 10.9 Å². The van der Waals surface area contributed by atoms with Crippen LogP contribution in [0.1, 0.15) is 41.3 Å². The van der Waals surface area contributed by atoms with Gasteiger partial charge in [0.05, 0.1) is 23.1 Å². The van der Waals surface area contributed by atoms with E-state index in [0.29, 0.717) is 11.5 Å². The lowest BCUT2D eigenvalue weighted by Gasteiger charge is -2.37. The average Bonchev–Trinajstić information content (AvgIpc) is 2.90. The number of aromatic nitrogens is 1. The quantitative estimate of drug-likeness (QED) is 0.384. The molecule has 1 aromatic heterocycles. The smallest absolute Gasteiger partial charge is 0.255 e. The third-order valence-corrected chi connectivity index (χ3v) is 6.77. The molecule has 5 rings (SSSR count). The zero-order valence-corrected chi connectivity index (χ0v) is 20.4. The van der Waals surface area contributed by atoms with Crippen LogP contribution in [-0.2, 0) is 6.54 Å². The molecule has 1 N–H and O–H groups in total. The number of hydrogen-bond acceptors (Lipinski definition) is 4. The van der Waals surface area contributed by atoms with Gasteiger partial charge >= 0.3 is 0 Å². The van der Waals surface area contributed by atoms with Crippen molar-refractivity contribution in [2.75, 3.05) is 36.4 Å². The van der Waals surface area contributed by atoms with Gasteiger partial charge in [-0.1, -0.05) is 74.5 Å². The van der Waals surface area contributed by atoms with E-state index in [2.05, 4.69) is 70.3 Å². The first-order valence-corrected chi connectivity index (χ1v) is 12.4. The Morgan fingerprint density at radius 1 is 0.886 bits per heavy atom. The summed E-state index contributed by atoms with van der Waals surface area (Å²) in [6.07, 6.45) is 1.80. The van der Waals surface area contributed by atoms with Gasteiger partial charge in [0.25, 0.3) is 5.91 Å². The van der Waals surface area contributed by atoms with Crippen LogP contribution in [0.3, 0.4) is 0 Å². The molecule has 0 aliphatic carbocycles. The Kier molecular flexibility index (Phi) is 6.77. The Bertz CT molecular complexity index is 1290. The topological polar surface area (TPSA) is 48.5 Å². The molecule has 5 heteroatoms. The van der Waals surface area contributed by atoms with Crippen molar-refractivity contribution < 1.29 is 4.79 Å². The summed E-state index contributed by atoms with van der Waals surface area (Å²) in [7, 11) is 0. The number of pyridine rings is 1. The molecule has 1 aliphatic heterocycles. The highest BCUT2D eigenvalue weighted by atomic mass is 16.1. The second kappa shape index (κ2) is 10.3. The summed E-state index contributed by atoms with van der Waals surface area (Å²) < 4.78 is 0. The molecule has 5 nitrogen and oxygen atoms in total. The molecule has 0 saturated carbocycles. The fourth-order valence-electron chi connectivity index (χ4n) is 4.74. The molecule has 4 aromatic rings. The Balaban J connectivity index is 1.38. The minimum Gasteiger partial charge on any atom is -0.367 e. The Labute approximate surface area is 207 Å². The molecular formula is C30H32N4O. The predicted octanol–water partition coefficient (Wildman–Crippen LogP) is 5.93. The number of benzene rings is 3. The molecular weight excluding hydrogens is 432 g/mol. The molecule has 1 fully saturated rings. The van der Waals surface area contributed by atoms with E-state index >= 15 is 0 Å². The van der Waals surface area contributed by atoms with Crippen molar-refractivity contribution in [3.05, 3.63) is 102 Å². The minimum absolute atomic E-state index is 0.110. The summed E-state index contributed by atoms with van der Waals surface area (Å²) in [5, 5.41) is 4.23. The van der Waals surface area contributed by atoms with E-state index in [1.807, 2.05) is 42.5 Å². The maximum Gasteiger partial charge on any atom is 0.255 e. The van der Waals surface area contributed by atoms with Crippen molar-refractivity contribution in [3.8, 4) is 0 Å². The molecule has 1 amide bonds. The van der Waals surface area contributed by atoms with E-state index in [4.69, 9.17) is 0 Å². The second-order valence-corrected chi connectivity index (χ2v) is 9.52. The van der Waals surface area contributed by atoms with Crippen molar-refractivity contribution in [2.24, 2.45) is 0 Å². The standard InChI is InChI=1S/C30H32N4O/c1-22(2)24-12-14-25(15-13-24)30(35)32-28-20-31-27-11-7-6-10-26(27)29(28)34-18-16-33(17-19-34)21-23-8-4-3-5-9-23/h3-15,20,22H,16-19,21H2,1-2H3,(H,32,35). The first-order valence-electron chi connectivity index (χ1n) is 12.4. The van der Waals surface area contributed by atoms with Crippen LogP contribution in [-0.4, -0.2) is 42.0 Å². The van der Waals surface area contributed by atoms with Gasteiger partial charge in [0, 0.05) is 43.7 Å². The van der Waals surface area contributed by atoms with Crippen molar-refractivity contribution in [3.63, 3.8) is 0 Å². The highest BCUT2D eigenvalue weighted by molar-refractivity contribution is 6.09. The number of carbonyl (C=O) groups is 1. The molecule has 1 aliphatic rings. The Morgan fingerprint density at radius 2 is 1.57 bits per heavy atom. The minimum atomic E-state index is -0.110. The lowest BCUT2D eigenvalue weighted by molar-refractivity contribution is 0.102. The number of amides is 1. The first kappa shape index (κ1) is 23.1. The molecule has 0 radical (unpaired) electrons. The van der Waals surface area contributed by atoms with Crippen molar-refractivity contribution in [2.45, 2.75) is 26.3 Å². The van der Waals surface area contributed by atoms with Gasteiger partial charge in [-0.3, -0.25) is 14.7 Å². The third kappa shape index (κ3) is 5.20. The second-order valence-electron chi connectivity index (χ2n) is 9.52. The van der Waals surface area contributed by atoms with Gasteiger partial charge in [-0.15, -0.1) is 0 Å². The number of nitrogens with zero attached hydrogens (tertiary/aromatic N) is 3. The summed E-state index contributed by atoms with van der Waals surface area (Å²) in [4.78, 5) is 22.7. The molecule has 178 valence electrons. The van der Waals surface area contributed by atoms with Gasteiger partial charge in [0.15, 0.2) is 0 Å². The van der Waals surface area contributed by atoms with Crippen molar-refractivity contribution in [1.29, 1.82) is 0 Å². The summed E-state index contributed by atoms with van der Waals surface area (Å²) in [6.45, 7) is 9.00.